The summed E-state index contributed by atoms with van der Waals surface area (Å²) in [5.74, 6) is 1.17. The van der Waals surface area contributed by atoms with Crippen molar-refractivity contribution in [1.29, 1.82) is 0 Å². The highest BCUT2D eigenvalue weighted by molar-refractivity contribution is 6.03. The maximum atomic E-state index is 6.50. The topological polar surface area (TPSA) is 76.9 Å². The molecule has 1 heterocycles. The molecule has 0 fully saturated rings. The molecule has 0 aliphatic carbocycles. The maximum Gasteiger partial charge on any atom is 0.149 e. The average molecular weight is 417 g/mol. The third-order valence-corrected chi connectivity index (χ3v) is 4.41. The summed E-state index contributed by atoms with van der Waals surface area (Å²) in [7, 11) is 0. The van der Waals surface area contributed by atoms with E-state index < -0.39 is 0 Å². The first-order valence-electron chi connectivity index (χ1n) is 10.3. The van der Waals surface area contributed by atoms with Crippen LogP contribution in [-0.4, -0.2) is 17.3 Å². The van der Waals surface area contributed by atoms with E-state index in [2.05, 4.69) is 17.6 Å². The smallest absolute Gasteiger partial charge is 0.149 e. The molecule has 31 heavy (non-hydrogen) atoms. The third-order valence-electron chi connectivity index (χ3n) is 4.41. The molecule has 3 rings (SSSR count). The molecule has 162 valence electrons. The van der Waals surface area contributed by atoms with Gasteiger partial charge in [0.1, 0.15) is 23.9 Å². The second kappa shape index (κ2) is 12.8. The normalized spacial score (nSPS) is 14.5. The largest absolute Gasteiger partial charge is 0.489 e. The lowest BCUT2D eigenvalue weighted by molar-refractivity contribution is 0.306. The maximum absolute atomic E-state index is 6.50. The number of hydrogen-bond acceptors (Lipinski definition) is 5. The first kappa shape index (κ1) is 23.5. The third kappa shape index (κ3) is 7.23. The molecular formula is C26H32N4O. The number of nitrogens with two attached hydrogens (primary N) is 2. The van der Waals surface area contributed by atoms with Crippen molar-refractivity contribution >= 4 is 11.5 Å². The summed E-state index contributed by atoms with van der Waals surface area (Å²) in [4.78, 5) is 6.26. The SMILES string of the molecule is C/C=C/CCN1C=CN=C(N)/C1=C(/N)c1cccc(OCc2ccccc2)c1.C=CC. The molecular weight excluding hydrogens is 384 g/mol. The number of hydrogen-bond donors (Lipinski definition) is 2. The van der Waals surface area contributed by atoms with Gasteiger partial charge in [-0.3, -0.25) is 0 Å². The Labute approximate surface area is 185 Å². The van der Waals surface area contributed by atoms with Crippen LogP contribution in [0.2, 0.25) is 0 Å². The zero-order valence-electron chi connectivity index (χ0n) is 18.4. The summed E-state index contributed by atoms with van der Waals surface area (Å²) in [6.07, 6.45) is 10.4. The fourth-order valence-corrected chi connectivity index (χ4v) is 2.97. The summed E-state index contributed by atoms with van der Waals surface area (Å²) in [5.41, 5.74) is 15.9. The van der Waals surface area contributed by atoms with Crippen LogP contribution in [0.25, 0.3) is 5.70 Å². The zero-order valence-corrected chi connectivity index (χ0v) is 18.4. The van der Waals surface area contributed by atoms with Gasteiger partial charge in [0.25, 0.3) is 0 Å². The fourth-order valence-electron chi connectivity index (χ4n) is 2.97. The summed E-state index contributed by atoms with van der Waals surface area (Å²) in [6.45, 7) is 8.54. The van der Waals surface area contributed by atoms with Crippen LogP contribution in [0.5, 0.6) is 5.75 Å². The van der Waals surface area contributed by atoms with Crippen molar-refractivity contribution in [3.63, 3.8) is 0 Å². The zero-order chi connectivity index (χ0) is 22.5. The molecule has 4 N–H and O–H groups in total. The van der Waals surface area contributed by atoms with E-state index in [1.807, 2.05) is 85.6 Å². The lowest BCUT2D eigenvalue weighted by Crippen LogP contribution is -2.33. The minimum Gasteiger partial charge on any atom is -0.489 e. The first-order chi connectivity index (χ1) is 15.1. The van der Waals surface area contributed by atoms with Gasteiger partial charge in [-0.2, -0.15) is 0 Å². The van der Waals surface area contributed by atoms with Crippen molar-refractivity contribution in [1.82, 2.24) is 4.90 Å². The molecule has 0 unspecified atom stereocenters. The quantitative estimate of drug-likeness (QED) is 0.609. The molecule has 0 radical (unpaired) electrons. The van der Waals surface area contributed by atoms with Crippen molar-refractivity contribution < 1.29 is 4.74 Å². The molecule has 0 aromatic heterocycles. The van der Waals surface area contributed by atoms with E-state index in [1.165, 1.54) is 0 Å². The number of allylic oxidation sites excluding steroid dienone is 2. The van der Waals surface area contributed by atoms with Crippen LogP contribution in [-0.2, 0) is 6.61 Å². The standard InChI is InChI=1S/C23H26N4O.C3H6/c1-2-3-7-14-27-15-13-26-23(25)22(27)21(24)19-11-8-12-20(16-19)28-17-18-9-5-4-6-10-18;1-3-2/h2-6,8-13,15-16H,7,14,17,24H2,1H3,(H2,25,26);3H,1H2,2H3/b3-2+,22-21-;. The molecule has 0 atom stereocenters. The number of amidine groups is 1. The van der Waals surface area contributed by atoms with E-state index in [-0.39, 0.29) is 0 Å². The van der Waals surface area contributed by atoms with Gasteiger partial charge >= 0.3 is 0 Å². The molecule has 2 aromatic carbocycles. The van der Waals surface area contributed by atoms with Crippen LogP contribution in [0, 0.1) is 0 Å². The van der Waals surface area contributed by atoms with Crippen LogP contribution in [0.4, 0.5) is 0 Å². The van der Waals surface area contributed by atoms with E-state index in [1.54, 1.807) is 12.3 Å². The second-order valence-electron chi connectivity index (χ2n) is 6.84. The Kier molecular flexibility index (Phi) is 9.69. The predicted octanol–water partition coefficient (Wildman–Crippen LogP) is 5.20. The van der Waals surface area contributed by atoms with Crippen LogP contribution < -0.4 is 16.2 Å². The highest BCUT2D eigenvalue weighted by Gasteiger charge is 2.19. The molecule has 0 spiro atoms. The van der Waals surface area contributed by atoms with Crippen molar-refractivity contribution in [3.05, 3.63) is 109 Å². The van der Waals surface area contributed by atoms with Gasteiger partial charge in [-0.25, -0.2) is 4.99 Å². The number of rotatable bonds is 7. The van der Waals surface area contributed by atoms with Crippen LogP contribution in [0.3, 0.4) is 0 Å². The first-order valence-corrected chi connectivity index (χ1v) is 10.3. The lowest BCUT2D eigenvalue weighted by atomic mass is 10.1. The van der Waals surface area contributed by atoms with E-state index in [9.17, 15) is 0 Å². The highest BCUT2D eigenvalue weighted by Crippen LogP contribution is 2.24. The van der Waals surface area contributed by atoms with Gasteiger partial charge in [0.05, 0.1) is 5.70 Å². The molecule has 5 heteroatoms. The molecule has 0 saturated carbocycles. The van der Waals surface area contributed by atoms with Gasteiger partial charge in [0, 0.05) is 24.5 Å². The second-order valence-corrected chi connectivity index (χ2v) is 6.84. The predicted molar refractivity (Wildman–Crippen MR) is 131 cm³/mol. The van der Waals surface area contributed by atoms with Crippen molar-refractivity contribution in [2.24, 2.45) is 16.5 Å². The lowest BCUT2D eigenvalue weighted by Gasteiger charge is -2.27. The fraction of sp³-hybridized carbons (Fsp3) is 0.192. The Morgan fingerprint density at radius 3 is 2.58 bits per heavy atom. The van der Waals surface area contributed by atoms with Gasteiger partial charge in [0.2, 0.25) is 0 Å². The summed E-state index contributed by atoms with van der Waals surface area (Å²) in [6, 6.07) is 17.8. The summed E-state index contributed by atoms with van der Waals surface area (Å²) < 4.78 is 5.93. The Morgan fingerprint density at radius 1 is 1.13 bits per heavy atom. The Morgan fingerprint density at radius 2 is 1.87 bits per heavy atom. The van der Waals surface area contributed by atoms with E-state index in [0.717, 1.165) is 35.5 Å². The number of ether oxygens (including phenoxy) is 1. The van der Waals surface area contributed by atoms with Crippen molar-refractivity contribution in [3.8, 4) is 5.75 Å². The minimum atomic E-state index is 0.413. The molecule has 0 amide bonds. The summed E-state index contributed by atoms with van der Waals surface area (Å²) >= 11 is 0. The monoisotopic (exact) mass is 416 g/mol. The molecule has 1 aliphatic rings. The van der Waals surface area contributed by atoms with Gasteiger partial charge in [0.15, 0.2) is 0 Å². The van der Waals surface area contributed by atoms with Gasteiger partial charge in [-0.1, -0.05) is 60.7 Å². The molecule has 0 saturated heterocycles. The molecule has 2 aromatic rings. The molecule has 5 nitrogen and oxygen atoms in total. The Bertz CT molecular complexity index is 958. The number of benzene rings is 2. The Balaban J connectivity index is 0.00000107. The van der Waals surface area contributed by atoms with Crippen molar-refractivity contribution in [2.75, 3.05) is 6.54 Å². The van der Waals surface area contributed by atoms with Gasteiger partial charge in [-0.05, 0) is 38.0 Å². The van der Waals surface area contributed by atoms with E-state index in [4.69, 9.17) is 16.2 Å². The van der Waals surface area contributed by atoms with E-state index >= 15 is 0 Å². The van der Waals surface area contributed by atoms with Crippen LogP contribution in [0.1, 0.15) is 31.4 Å². The number of nitrogens with zero attached hydrogens (tertiary/aromatic N) is 2. The van der Waals surface area contributed by atoms with Crippen molar-refractivity contribution in [2.45, 2.75) is 26.9 Å². The Hall–Kier alpha value is -3.73. The van der Waals surface area contributed by atoms with Gasteiger partial charge in [-0.15, -0.1) is 6.58 Å². The van der Waals surface area contributed by atoms with Gasteiger partial charge < -0.3 is 21.1 Å². The number of aliphatic imine (C=N–C) groups is 1. The highest BCUT2D eigenvalue weighted by atomic mass is 16.5. The van der Waals surface area contributed by atoms with Crippen LogP contribution in [0.15, 0.2) is 102 Å². The average Bonchev–Trinajstić information content (AvgIpc) is 2.79. The van der Waals surface area contributed by atoms with E-state index in [0.29, 0.717) is 18.1 Å². The molecule has 0 bridgehead atoms. The molecule has 1 aliphatic heterocycles. The summed E-state index contributed by atoms with van der Waals surface area (Å²) in [5, 5.41) is 0. The minimum absolute atomic E-state index is 0.413. The van der Waals surface area contributed by atoms with Crippen LogP contribution >= 0.6 is 0 Å².